The number of amides is 1. The SMILES string of the molecule is CC(NC(C)(C)C(N)=O)c1ccccc1. The molecule has 0 saturated heterocycles. The lowest BCUT2D eigenvalue weighted by molar-refractivity contribution is -0.123. The molecule has 3 heteroatoms. The molecule has 1 atom stereocenters. The zero-order chi connectivity index (χ0) is 11.5. The molecular formula is C12H18N2O. The third kappa shape index (κ3) is 3.06. The van der Waals surface area contributed by atoms with Crippen LogP contribution in [0.25, 0.3) is 0 Å². The maximum absolute atomic E-state index is 11.1. The molecule has 0 aliphatic rings. The van der Waals surface area contributed by atoms with Crippen molar-refractivity contribution in [1.29, 1.82) is 0 Å². The number of nitrogens with two attached hydrogens (primary N) is 1. The van der Waals surface area contributed by atoms with Gasteiger partial charge in [0.1, 0.15) is 0 Å². The summed E-state index contributed by atoms with van der Waals surface area (Å²) in [7, 11) is 0. The van der Waals surface area contributed by atoms with Gasteiger partial charge in [-0.2, -0.15) is 0 Å². The first-order valence-corrected chi connectivity index (χ1v) is 5.06. The van der Waals surface area contributed by atoms with Crippen LogP contribution in [-0.4, -0.2) is 11.4 Å². The average molecular weight is 206 g/mol. The maximum atomic E-state index is 11.1. The lowest BCUT2D eigenvalue weighted by Crippen LogP contribution is -2.51. The van der Waals surface area contributed by atoms with Gasteiger partial charge in [-0.25, -0.2) is 0 Å². The molecule has 0 bridgehead atoms. The van der Waals surface area contributed by atoms with Crippen LogP contribution in [0.15, 0.2) is 30.3 Å². The Bertz CT molecular complexity index is 333. The number of primary amides is 1. The molecule has 0 spiro atoms. The van der Waals surface area contributed by atoms with Crippen molar-refractivity contribution < 1.29 is 4.79 Å². The topological polar surface area (TPSA) is 55.1 Å². The Hall–Kier alpha value is -1.35. The van der Waals surface area contributed by atoms with E-state index in [-0.39, 0.29) is 11.9 Å². The lowest BCUT2D eigenvalue weighted by atomic mass is 10.0. The summed E-state index contributed by atoms with van der Waals surface area (Å²) in [6.07, 6.45) is 0. The molecule has 1 aromatic rings. The molecule has 0 aromatic heterocycles. The lowest BCUT2D eigenvalue weighted by Gasteiger charge is -2.27. The predicted molar refractivity (Wildman–Crippen MR) is 61.3 cm³/mol. The Morgan fingerprint density at radius 1 is 1.33 bits per heavy atom. The Kier molecular flexibility index (Phi) is 3.48. The number of carbonyl (C=O) groups is 1. The van der Waals surface area contributed by atoms with Gasteiger partial charge in [0.2, 0.25) is 5.91 Å². The van der Waals surface area contributed by atoms with Gasteiger partial charge in [0.15, 0.2) is 0 Å². The Balaban J connectivity index is 2.72. The van der Waals surface area contributed by atoms with Gasteiger partial charge in [0.05, 0.1) is 5.54 Å². The minimum atomic E-state index is -0.685. The second-order valence-corrected chi connectivity index (χ2v) is 4.27. The standard InChI is InChI=1S/C12H18N2O/c1-9(10-7-5-4-6-8-10)14-12(2,3)11(13)15/h4-9,14H,1-3H3,(H2,13,15). The van der Waals surface area contributed by atoms with Gasteiger partial charge in [-0.3, -0.25) is 10.1 Å². The van der Waals surface area contributed by atoms with Crippen LogP contribution in [0.3, 0.4) is 0 Å². The second kappa shape index (κ2) is 4.45. The summed E-state index contributed by atoms with van der Waals surface area (Å²) >= 11 is 0. The van der Waals surface area contributed by atoms with Gasteiger partial charge in [-0.1, -0.05) is 30.3 Å². The minimum absolute atomic E-state index is 0.105. The van der Waals surface area contributed by atoms with Crippen molar-refractivity contribution >= 4 is 5.91 Å². The largest absolute Gasteiger partial charge is 0.368 e. The first-order valence-electron chi connectivity index (χ1n) is 5.06. The molecule has 0 heterocycles. The van der Waals surface area contributed by atoms with Crippen molar-refractivity contribution in [1.82, 2.24) is 5.32 Å². The average Bonchev–Trinajstić information content (AvgIpc) is 2.18. The quantitative estimate of drug-likeness (QED) is 0.786. The molecule has 15 heavy (non-hydrogen) atoms. The first-order chi connectivity index (χ1) is 6.93. The highest BCUT2D eigenvalue weighted by molar-refractivity contribution is 5.83. The number of hydrogen-bond donors (Lipinski definition) is 2. The van der Waals surface area contributed by atoms with E-state index in [1.54, 1.807) is 13.8 Å². The summed E-state index contributed by atoms with van der Waals surface area (Å²) in [5.74, 6) is -0.342. The van der Waals surface area contributed by atoms with Gasteiger partial charge in [-0.15, -0.1) is 0 Å². The molecule has 1 rings (SSSR count). The summed E-state index contributed by atoms with van der Waals surface area (Å²) in [6.45, 7) is 5.59. The number of rotatable bonds is 4. The van der Waals surface area contributed by atoms with Crippen LogP contribution in [0.1, 0.15) is 32.4 Å². The summed E-state index contributed by atoms with van der Waals surface area (Å²) < 4.78 is 0. The van der Waals surface area contributed by atoms with Crippen molar-refractivity contribution in [3.63, 3.8) is 0 Å². The van der Waals surface area contributed by atoms with Gasteiger partial charge in [-0.05, 0) is 26.3 Å². The fourth-order valence-electron chi connectivity index (χ4n) is 1.44. The predicted octanol–water partition coefficient (Wildman–Crippen LogP) is 1.60. The van der Waals surface area contributed by atoms with E-state index >= 15 is 0 Å². The van der Waals surface area contributed by atoms with Crippen LogP contribution in [0.4, 0.5) is 0 Å². The van der Waals surface area contributed by atoms with Gasteiger partial charge >= 0.3 is 0 Å². The third-order valence-corrected chi connectivity index (χ3v) is 2.49. The highest BCUT2D eigenvalue weighted by Gasteiger charge is 2.26. The molecule has 82 valence electrons. The van der Waals surface area contributed by atoms with Crippen LogP contribution >= 0.6 is 0 Å². The van der Waals surface area contributed by atoms with Crippen LogP contribution in [-0.2, 0) is 4.79 Å². The Labute approximate surface area is 90.7 Å². The highest BCUT2D eigenvalue weighted by atomic mass is 16.1. The van der Waals surface area contributed by atoms with Gasteiger partial charge < -0.3 is 5.73 Å². The zero-order valence-electron chi connectivity index (χ0n) is 9.45. The molecule has 0 aliphatic carbocycles. The van der Waals surface area contributed by atoms with Crippen molar-refractivity contribution in [2.24, 2.45) is 5.73 Å². The summed E-state index contributed by atoms with van der Waals surface area (Å²) in [4.78, 5) is 11.1. The molecular weight excluding hydrogens is 188 g/mol. The molecule has 1 amide bonds. The normalized spacial score (nSPS) is 13.5. The van der Waals surface area contributed by atoms with E-state index in [1.807, 2.05) is 37.3 Å². The second-order valence-electron chi connectivity index (χ2n) is 4.27. The van der Waals surface area contributed by atoms with E-state index in [9.17, 15) is 4.79 Å². The monoisotopic (exact) mass is 206 g/mol. The molecule has 3 N–H and O–H groups in total. The van der Waals surface area contributed by atoms with Crippen molar-refractivity contribution in [3.8, 4) is 0 Å². The molecule has 0 fully saturated rings. The molecule has 0 radical (unpaired) electrons. The van der Waals surface area contributed by atoms with Crippen LogP contribution in [0.2, 0.25) is 0 Å². The summed E-state index contributed by atoms with van der Waals surface area (Å²) in [5.41, 5.74) is 5.76. The Morgan fingerprint density at radius 3 is 2.33 bits per heavy atom. The summed E-state index contributed by atoms with van der Waals surface area (Å²) in [5, 5.41) is 3.20. The van der Waals surface area contributed by atoms with E-state index in [0.717, 1.165) is 5.56 Å². The van der Waals surface area contributed by atoms with Gasteiger partial charge in [0.25, 0.3) is 0 Å². The van der Waals surface area contributed by atoms with E-state index in [0.29, 0.717) is 0 Å². The van der Waals surface area contributed by atoms with Crippen LogP contribution in [0, 0.1) is 0 Å². The van der Waals surface area contributed by atoms with E-state index in [1.165, 1.54) is 0 Å². The fraction of sp³-hybridized carbons (Fsp3) is 0.417. The van der Waals surface area contributed by atoms with Gasteiger partial charge in [0, 0.05) is 6.04 Å². The molecule has 3 nitrogen and oxygen atoms in total. The van der Waals surface area contributed by atoms with E-state index < -0.39 is 5.54 Å². The van der Waals surface area contributed by atoms with Crippen molar-refractivity contribution in [2.45, 2.75) is 32.4 Å². The molecule has 0 saturated carbocycles. The Morgan fingerprint density at radius 2 is 1.87 bits per heavy atom. The molecule has 1 aromatic carbocycles. The van der Waals surface area contributed by atoms with Crippen LogP contribution in [0.5, 0.6) is 0 Å². The van der Waals surface area contributed by atoms with E-state index in [4.69, 9.17) is 5.73 Å². The minimum Gasteiger partial charge on any atom is -0.368 e. The summed E-state index contributed by atoms with van der Waals surface area (Å²) in [6, 6.07) is 10.1. The molecule has 1 unspecified atom stereocenters. The highest BCUT2D eigenvalue weighted by Crippen LogP contribution is 2.15. The van der Waals surface area contributed by atoms with Crippen molar-refractivity contribution in [3.05, 3.63) is 35.9 Å². The third-order valence-electron chi connectivity index (χ3n) is 2.49. The maximum Gasteiger partial charge on any atom is 0.237 e. The number of nitrogens with one attached hydrogen (secondary N) is 1. The number of hydrogen-bond acceptors (Lipinski definition) is 2. The first kappa shape index (κ1) is 11.7. The number of benzene rings is 1. The van der Waals surface area contributed by atoms with Crippen LogP contribution < -0.4 is 11.1 Å². The van der Waals surface area contributed by atoms with Crippen molar-refractivity contribution in [2.75, 3.05) is 0 Å². The van der Waals surface area contributed by atoms with E-state index in [2.05, 4.69) is 5.32 Å². The molecule has 0 aliphatic heterocycles. The number of carbonyl (C=O) groups excluding carboxylic acids is 1. The zero-order valence-corrected chi connectivity index (χ0v) is 9.45. The smallest absolute Gasteiger partial charge is 0.237 e. The fourth-order valence-corrected chi connectivity index (χ4v) is 1.44.